The van der Waals surface area contributed by atoms with Gasteiger partial charge in [0.1, 0.15) is 5.54 Å². The van der Waals surface area contributed by atoms with Crippen LogP contribution in [0.2, 0.25) is 0 Å². The van der Waals surface area contributed by atoms with Gasteiger partial charge in [-0.2, -0.15) is 0 Å². The van der Waals surface area contributed by atoms with E-state index in [1.54, 1.807) is 0 Å². The highest BCUT2D eigenvalue weighted by atomic mass is 16.5. The van der Waals surface area contributed by atoms with E-state index in [2.05, 4.69) is 19.2 Å². The predicted molar refractivity (Wildman–Crippen MR) is 69.1 cm³/mol. The molecule has 102 valence electrons. The Bertz CT molecular complexity index is 209. The van der Waals surface area contributed by atoms with Gasteiger partial charge in [-0.1, -0.05) is 26.7 Å². The number of ether oxygens (including phenoxy) is 2. The number of hydrogen-bond donors (Lipinski definition) is 1. The van der Waals surface area contributed by atoms with Crippen molar-refractivity contribution in [1.82, 2.24) is 5.32 Å². The second-order valence-corrected chi connectivity index (χ2v) is 4.51. The standard InChI is InChI=1S/C13H27NO3/c1-5-7-8-10-17-11-13(3,12(15)16-4)14-9-6-2/h14H,5-11H2,1-4H3. The molecule has 4 nitrogen and oxygen atoms in total. The van der Waals surface area contributed by atoms with Crippen LogP contribution in [0.1, 0.15) is 46.5 Å². The summed E-state index contributed by atoms with van der Waals surface area (Å²) < 4.78 is 10.4. The molecule has 0 radical (unpaired) electrons. The molecule has 4 heteroatoms. The maximum atomic E-state index is 11.7. The number of unbranched alkanes of at least 4 members (excludes halogenated alkanes) is 2. The van der Waals surface area contributed by atoms with Gasteiger partial charge in [-0.25, -0.2) is 4.79 Å². The van der Waals surface area contributed by atoms with Crippen molar-refractivity contribution in [3.8, 4) is 0 Å². The van der Waals surface area contributed by atoms with Gasteiger partial charge in [-0.15, -0.1) is 0 Å². The van der Waals surface area contributed by atoms with Gasteiger partial charge in [0.25, 0.3) is 0 Å². The molecule has 0 aliphatic rings. The molecule has 0 aliphatic heterocycles. The molecule has 0 heterocycles. The molecule has 0 aromatic rings. The molecule has 1 atom stereocenters. The zero-order valence-corrected chi connectivity index (χ0v) is 11.7. The number of nitrogens with one attached hydrogen (secondary N) is 1. The van der Waals surface area contributed by atoms with E-state index in [0.717, 1.165) is 25.8 Å². The Balaban J connectivity index is 4.05. The number of methoxy groups -OCH3 is 1. The Hall–Kier alpha value is -0.610. The van der Waals surface area contributed by atoms with Crippen molar-refractivity contribution in [3.63, 3.8) is 0 Å². The van der Waals surface area contributed by atoms with E-state index in [9.17, 15) is 4.79 Å². The van der Waals surface area contributed by atoms with Gasteiger partial charge in [0.2, 0.25) is 0 Å². The zero-order chi connectivity index (χ0) is 13.1. The molecule has 0 aromatic heterocycles. The Morgan fingerprint density at radius 1 is 1.24 bits per heavy atom. The third kappa shape index (κ3) is 6.64. The number of carbonyl (C=O) groups is 1. The third-order valence-electron chi connectivity index (χ3n) is 2.68. The maximum Gasteiger partial charge on any atom is 0.328 e. The van der Waals surface area contributed by atoms with Crippen LogP contribution in [0.15, 0.2) is 0 Å². The van der Waals surface area contributed by atoms with Crippen LogP contribution >= 0.6 is 0 Å². The van der Waals surface area contributed by atoms with Crippen LogP contribution in [0.4, 0.5) is 0 Å². The van der Waals surface area contributed by atoms with Gasteiger partial charge in [0.15, 0.2) is 0 Å². The highest BCUT2D eigenvalue weighted by Gasteiger charge is 2.33. The van der Waals surface area contributed by atoms with Gasteiger partial charge in [-0.3, -0.25) is 0 Å². The second-order valence-electron chi connectivity index (χ2n) is 4.51. The maximum absolute atomic E-state index is 11.7. The minimum absolute atomic E-state index is 0.263. The topological polar surface area (TPSA) is 47.6 Å². The SMILES string of the molecule is CCCCCOCC(C)(NCCC)C(=O)OC. The lowest BCUT2D eigenvalue weighted by Crippen LogP contribution is -2.54. The third-order valence-corrected chi connectivity index (χ3v) is 2.68. The lowest BCUT2D eigenvalue weighted by molar-refractivity contribution is -0.150. The minimum atomic E-state index is -0.725. The molecule has 0 saturated heterocycles. The summed E-state index contributed by atoms with van der Waals surface area (Å²) in [4.78, 5) is 11.7. The smallest absolute Gasteiger partial charge is 0.328 e. The summed E-state index contributed by atoms with van der Waals surface area (Å²) in [6.45, 7) is 7.89. The first kappa shape index (κ1) is 16.4. The monoisotopic (exact) mass is 245 g/mol. The van der Waals surface area contributed by atoms with E-state index in [0.29, 0.717) is 13.2 Å². The molecule has 0 bridgehead atoms. The molecule has 0 rings (SSSR count). The van der Waals surface area contributed by atoms with Crippen molar-refractivity contribution in [2.24, 2.45) is 0 Å². The molecular formula is C13H27NO3. The fourth-order valence-corrected chi connectivity index (χ4v) is 1.54. The van der Waals surface area contributed by atoms with Crippen LogP contribution in [-0.2, 0) is 14.3 Å². The zero-order valence-electron chi connectivity index (χ0n) is 11.7. The molecular weight excluding hydrogens is 218 g/mol. The average Bonchev–Trinajstić information content (AvgIpc) is 2.35. The molecule has 0 fully saturated rings. The molecule has 0 saturated carbocycles. The Morgan fingerprint density at radius 2 is 1.94 bits per heavy atom. The van der Waals surface area contributed by atoms with Crippen LogP contribution in [-0.4, -0.2) is 38.4 Å². The van der Waals surface area contributed by atoms with Crippen molar-refractivity contribution in [2.75, 3.05) is 26.9 Å². The Kier molecular flexibility index (Phi) is 9.09. The van der Waals surface area contributed by atoms with Gasteiger partial charge < -0.3 is 14.8 Å². The highest BCUT2D eigenvalue weighted by Crippen LogP contribution is 2.08. The van der Waals surface area contributed by atoms with Crippen LogP contribution in [0, 0.1) is 0 Å². The van der Waals surface area contributed by atoms with E-state index < -0.39 is 5.54 Å². The van der Waals surface area contributed by atoms with Crippen LogP contribution in [0.25, 0.3) is 0 Å². The minimum Gasteiger partial charge on any atom is -0.468 e. The van der Waals surface area contributed by atoms with Crippen LogP contribution in [0.3, 0.4) is 0 Å². The number of hydrogen-bond acceptors (Lipinski definition) is 4. The highest BCUT2D eigenvalue weighted by molar-refractivity contribution is 5.80. The van der Waals surface area contributed by atoms with E-state index >= 15 is 0 Å². The lowest BCUT2D eigenvalue weighted by atomic mass is 10.0. The summed E-state index contributed by atoms with van der Waals surface area (Å²) in [5, 5.41) is 3.19. The summed E-state index contributed by atoms with van der Waals surface area (Å²) in [5.41, 5.74) is -0.725. The summed E-state index contributed by atoms with van der Waals surface area (Å²) in [6.07, 6.45) is 4.35. The van der Waals surface area contributed by atoms with E-state index in [1.165, 1.54) is 13.5 Å². The number of esters is 1. The fourth-order valence-electron chi connectivity index (χ4n) is 1.54. The van der Waals surface area contributed by atoms with E-state index in [-0.39, 0.29) is 5.97 Å². The molecule has 0 aromatic carbocycles. The molecule has 1 unspecified atom stereocenters. The van der Waals surface area contributed by atoms with Crippen molar-refractivity contribution in [3.05, 3.63) is 0 Å². The summed E-state index contributed by atoms with van der Waals surface area (Å²) in [5.74, 6) is -0.263. The Labute approximate surface area is 105 Å². The van der Waals surface area contributed by atoms with Crippen LogP contribution in [0.5, 0.6) is 0 Å². The second kappa shape index (κ2) is 9.42. The lowest BCUT2D eigenvalue weighted by Gasteiger charge is -2.27. The fraction of sp³-hybridized carbons (Fsp3) is 0.923. The summed E-state index contributed by atoms with van der Waals surface area (Å²) in [7, 11) is 1.41. The van der Waals surface area contributed by atoms with Crippen molar-refractivity contribution in [1.29, 1.82) is 0 Å². The number of rotatable bonds is 10. The van der Waals surface area contributed by atoms with Gasteiger partial charge >= 0.3 is 5.97 Å². The van der Waals surface area contributed by atoms with Crippen molar-refractivity contribution in [2.45, 2.75) is 52.0 Å². The quantitative estimate of drug-likeness (QED) is 0.473. The first-order valence-corrected chi connectivity index (χ1v) is 6.52. The van der Waals surface area contributed by atoms with Gasteiger partial charge in [0, 0.05) is 6.61 Å². The molecule has 17 heavy (non-hydrogen) atoms. The van der Waals surface area contributed by atoms with E-state index in [4.69, 9.17) is 9.47 Å². The molecule has 0 aliphatic carbocycles. The summed E-state index contributed by atoms with van der Waals surface area (Å²) >= 11 is 0. The number of carbonyl (C=O) groups excluding carboxylic acids is 1. The van der Waals surface area contributed by atoms with Crippen molar-refractivity contribution >= 4 is 5.97 Å². The molecule has 0 spiro atoms. The largest absolute Gasteiger partial charge is 0.468 e. The van der Waals surface area contributed by atoms with Gasteiger partial charge in [0.05, 0.1) is 13.7 Å². The van der Waals surface area contributed by atoms with Crippen molar-refractivity contribution < 1.29 is 14.3 Å². The van der Waals surface area contributed by atoms with Gasteiger partial charge in [-0.05, 0) is 26.3 Å². The van der Waals surface area contributed by atoms with Crippen LogP contribution < -0.4 is 5.32 Å². The first-order chi connectivity index (χ1) is 8.10. The normalized spacial score (nSPS) is 14.4. The summed E-state index contributed by atoms with van der Waals surface area (Å²) in [6, 6.07) is 0. The predicted octanol–water partition coefficient (Wildman–Crippen LogP) is 2.12. The molecule has 1 N–H and O–H groups in total. The van der Waals surface area contributed by atoms with E-state index in [1.807, 2.05) is 6.92 Å². The Morgan fingerprint density at radius 3 is 2.47 bits per heavy atom. The first-order valence-electron chi connectivity index (χ1n) is 6.52. The molecule has 0 amide bonds. The average molecular weight is 245 g/mol.